The molecule has 0 saturated carbocycles. The third-order valence-corrected chi connectivity index (χ3v) is 4.24. The fourth-order valence-electron chi connectivity index (χ4n) is 2.93. The summed E-state index contributed by atoms with van der Waals surface area (Å²) in [6.45, 7) is 1.45. The Kier molecular flexibility index (Phi) is 4.15. The van der Waals surface area contributed by atoms with Crippen LogP contribution in [0.3, 0.4) is 0 Å². The van der Waals surface area contributed by atoms with Gasteiger partial charge in [-0.15, -0.1) is 0 Å². The third kappa shape index (κ3) is 3.29. The van der Waals surface area contributed by atoms with E-state index in [1.807, 2.05) is 0 Å². The molecule has 2 aromatic rings. The molecule has 27 heavy (non-hydrogen) atoms. The summed E-state index contributed by atoms with van der Waals surface area (Å²) in [6.07, 6.45) is -1.17. The van der Waals surface area contributed by atoms with Gasteiger partial charge in [-0.1, -0.05) is 12.1 Å². The van der Waals surface area contributed by atoms with Crippen LogP contribution < -0.4 is 24.8 Å². The minimum atomic E-state index is -0.963. The van der Waals surface area contributed by atoms with Gasteiger partial charge in [0.1, 0.15) is 5.75 Å². The molecule has 0 radical (unpaired) electrons. The molecule has 8 heteroatoms. The van der Waals surface area contributed by atoms with Crippen LogP contribution in [0, 0.1) is 0 Å². The number of ketones is 1. The van der Waals surface area contributed by atoms with Gasteiger partial charge in [0.15, 0.2) is 23.4 Å². The molecule has 1 atom stereocenters. The van der Waals surface area contributed by atoms with Gasteiger partial charge in [0.25, 0.3) is 5.91 Å². The lowest BCUT2D eigenvalue weighted by Gasteiger charge is -2.25. The Bertz CT molecular complexity index is 955. The number of ether oxygens (including phenoxy) is 3. The molecule has 0 saturated heterocycles. The van der Waals surface area contributed by atoms with Crippen LogP contribution in [0.4, 0.5) is 11.4 Å². The third-order valence-electron chi connectivity index (χ3n) is 4.24. The molecule has 0 aliphatic carbocycles. The number of benzene rings is 2. The lowest BCUT2D eigenvalue weighted by atomic mass is 10.1. The summed E-state index contributed by atoms with van der Waals surface area (Å²) < 4.78 is 16.2. The van der Waals surface area contributed by atoms with Gasteiger partial charge in [-0.3, -0.25) is 14.4 Å². The summed E-state index contributed by atoms with van der Waals surface area (Å²) in [6, 6.07) is 10.0. The number of carbonyl (C=O) groups excluding carboxylic acids is 3. The van der Waals surface area contributed by atoms with Crippen molar-refractivity contribution < 1.29 is 28.6 Å². The topological polar surface area (TPSA) is 103 Å². The van der Waals surface area contributed by atoms with Gasteiger partial charge in [0.05, 0.1) is 17.8 Å². The minimum Gasteiger partial charge on any atom is -0.478 e. The zero-order valence-electron chi connectivity index (χ0n) is 14.4. The second-order valence-corrected chi connectivity index (χ2v) is 6.15. The van der Waals surface area contributed by atoms with Crippen molar-refractivity contribution in [3.8, 4) is 17.2 Å². The molecule has 1 unspecified atom stereocenters. The number of para-hydroxylation sites is 2. The van der Waals surface area contributed by atoms with E-state index >= 15 is 0 Å². The number of amides is 2. The number of hydrogen-bond acceptors (Lipinski definition) is 6. The van der Waals surface area contributed by atoms with E-state index in [9.17, 15) is 14.4 Å². The van der Waals surface area contributed by atoms with Crippen LogP contribution >= 0.6 is 0 Å². The van der Waals surface area contributed by atoms with Crippen LogP contribution in [0.25, 0.3) is 0 Å². The number of Topliss-reactive ketones (excluding diaryl/α,β-unsaturated/α-hetero) is 1. The summed E-state index contributed by atoms with van der Waals surface area (Å²) >= 11 is 0. The van der Waals surface area contributed by atoms with Crippen molar-refractivity contribution >= 4 is 29.0 Å². The quantitative estimate of drug-likeness (QED) is 0.803. The van der Waals surface area contributed by atoms with Gasteiger partial charge < -0.3 is 24.8 Å². The first-order valence-corrected chi connectivity index (χ1v) is 8.32. The molecule has 0 bridgehead atoms. The Balaban J connectivity index is 1.50. The van der Waals surface area contributed by atoms with Crippen molar-refractivity contribution in [1.29, 1.82) is 0 Å². The molecule has 8 nitrogen and oxygen atoms in total. The molecular weight excluding hydrogens is 352 g/mol. The van der Waals surface area contributed by atoms with Crippen molar-refractivity contribution in [3.63, 3.8) is 0 Å². The molecule has 2 amide bonds. The zero-order valence-corrected chi connectivity index (χ0v) is 14.4. The van der Waals surface area contributed by atoms with Gasteiger partial charge in [0, 0.05) is 11.6 Å². The molecule has 4 rings (SSSR count). The van der Waals surface area contributed by atoms with Crippen LogP contribution in [0.15, 0.2) is 36.4 Å². The molecule has 2 aliphatic rings. The van der Waals surface area contributed by atoms with Crippen LogP contribution in [-0.2, 0) is 9.59 Å². The highest BCUT2D eigenvalue weighted by Crippen LogP contribution is 2.37. The maximum Gasteiger partial charge on any atom is 0.266 e. The molecule has 0 aromatic heterocycles. The van der Waals surface area contributed by atoms with E-state index in [2.05, 4.69) is 10.6 Å². The molecule has 2 N–H and O–H groups in total. The van der Waals surface area contributed by atoms with Crippen LogP contribution in [0.5, 0.6) is 17.2 Å². The second kappa shape index (κ2) is 6.64. The van der Waals surface area contributed by atoms with Gasteiger partial charge in [-0.2, -0.15) is 0 Å². The summed E-state index contributed by atoms with van der Waals surface area (Å²) in [4.78, 5) is 36.5. The second-order valence-electron chi connectivity index (χ2n) is 6.15. The van der Waals surface area contributed by atoms with Gasteiger partial charge in [0.2, 0.25) is 12.7 Å². The molecule has 2 heterocycles. The van der Waals surface area contributed by atoms with E-state index in [0.717, 1.165) is 0 Å². The van der Waals surface area contributed by atoms with Crippen molar-refractivity contribution in [2.75, 3.05) is 17.4 Å². The number of rotatable bonds is 4. The summed E-state index contributed by atoms with van der Waals surface area (Å²) in [5.74, 6) is 0.296. The van der Waals surface area contributed by atoms with E-state index in [0.29, 0.717) is 34.2 Å². The summed E-state index contributed by atoms with van der Waals surface area (Å²) in [5, 5.41) is 5.37. The zero-order chi connectivity index (χ0) is 19.0. The van der Waals surface area contributed by atoms with Crippen molar-refractivity contribution in [2.24, 2.45) is 0 Å². The summed E-state index contributed by atoms with van der Waals surface area (Å²) in [5.41, 5.74) is 1.16. The Labute approximate surface area is 154 Å². The number of hydrogen-bond donors (Lipinski definition) is 2. The van der Waals surface area contributed by atoms with Crippen LogP contribution in [-0.4, -0.2) is 30.5 Å². The average molecular weight is 368 g/mol. The van der Waals surface area contributed by atoms with Gasteiger partial charge >= 0.3 is 0 Å². The van der Waals surface area contributed by atoms with E-state index in [-0.39, 0.29) is 19.0 Å². The standard InChI is InChI=1S/C19H16N2O6/c1-10(22)11-6-15-16(26-9-25-15)7-13(11)20-18(23)8-17-19(24)21-12-4-2-3-5-14(12)27-17/h2-7,17H,8-9H2,1H3,(H,20,23)(H,21,24). The van der Waals surface area contributed by atoms with E-state index in [4.69, 9.17) is 14.2 Å². The fourth-order valence-corrected chi connectivity index (χ4v) is 2.93. The van der Waals surface area contributed by atoms with Crippen molar-refractivity contribution in [2.45, 2.75) is 19.4 Å². The van der Waals surface area contributed by atoms with Crippen molar-refractivity contribution in [3.05, 3.63) is 42.0 Å². The van der Waals surface area contributed by atoms with Gasteiger partial charge in [-0.25, -0.2) is 0 Å². The van der Waals surface area contributed by atoms with E-state index in [1.165, 1.54) is 19.1 Å². The summed E-state index contributed by atoms with van der Waals surface area (Å²) in [7, 11) is 0. The maximum absolute atomic E-state index is 12.5. The van der Waals surface area contributed by atoms with Crippen LogP contribution in [0.2, 0.25) is 0 Å². The molecule has 2 aromatic carbocycles. The monoisotopic (exact) mass is 368 g/mol. The number of carbonyl (C=O) groups is 3. The predicted molar refractivity (Wildman–Crippen MR) is 95.3 cm³/mol. The smallest absolute Gasteiger partial charge is 0.266 e. The molecule has 0 fully saturated rings. The highest BCUT2D eigenvalue weighted by molar-refractivity contribution is 6.06. The highest BCUT2D eigenvalue weighted by atomic mass is 16.7. The highest BCUT2D eigenvalue weighted by Gasteiger charge is 2.30. The average Bonchev–Trinajstić information content (AvgIpc) is 3.09. The predicted octanol–water partition coefficient (Wildman–Crippen LogP) is 2.35. The molecular formula is C19H16N2O6. The molecule has 2 aliphatic heterocycles. The lowest BCUT2D eigenvalue weighted by Crippen LogP contribution is -2.39. The van der Waals surface area contributed by atoms with E-state index < -0.39 is 17.9 Å². The normalized spacial score (nSPS) is 16.8. The number of fused-ring (bicyclic) bond motifs is 2. The van der Waals surface area contributed by atoms with Gasteiger partial charge in [-0.05, 0) is 25.1 Å². The first-order chi connectivity index (χ1) is 13.0. The number of anilines is 2. The Morgan fingerprint density at radius 1 is 1.15 bits per heavy atom. The molecule has 0 spiro atoms. The number of nitrogens with one attached hydrogen (secondary N) is 2. The van der Waals surface area contributed by atoms with Crippen LogP contribution in [0.1, 0.15) is 23.7 Å². The van der Waals surface area contributed by atoms with Crippen molar-refractivity contribution in [1.82, 2.24) is 0 Å². The maximum atomic E-state index is 12.5. The first-order valence-electron chi connectivity index (χ1n) is 8.32. The SMILES string of the molecule is CC(=O)c1cc2c(cc1NC(=O)CC1Oc3ccccc3NC1=O)OCO2. The Hall–Kier alpha value is -3.55. The lowest BCUT2D eigenvalue weighted by molar-refractivity contribution is -0.128. The van der Waals surface area contributed by atoms with E-state index in [1.54, 1.807) is 24.3 Å². The minimum absolute atomic E-state index is 0.0551. The largest absolute Gasteiger partial charge is 0.478 e. The first kappa shape index (κ1) is 16.9. The Morgan fingerprint density at radius 2 is 1.89 bits per heavy atom. The fraction of sp³-hybridized carbons (Fsp3) is 0.211. The molecule has 138 valence electrons. The Morgan fingerprint density at radius 3 is 2.67 bits per heavy atom.